The van der Waals surface area contributed by atoms with E-state index in [1.807, 2.05) is 0 Å². The fraction of sp³-hybridized carbons (Fsp3) is 0.286. The second-order valence-corrected chi connectivity index (χ2v) is 9.73. The SMILES string of the molecule is Cc1ccc2oc3c(c2c1)Cc1ccccc1N3c1c(C)cc(C(C)(C)C)cc1C. The third-order valence-electron chi connectivity index (χ3n) is 6.31. The van der Waals surface area contributed by atoms with Crippen molar-refractivity contribution in [2.45, 2.75) is 53.4 Å². The molecular formula is C28H29NO. The molecule has 1 aromatic heterocycles. The Labute approximate surface area is 179 Å². The van der Waals surface area contributed by atoms with Crippen LogP contribution in [0.2, 0.25) is 0 Å². The van der Waals surface area contributed by atoms with Crippen molar-refractivity contribution in [1.82, 2.24) is 0 Å². The van der Waals surface area contributed by atoms with E-state index in [1.165, 1.54) is 50.1 Å². The molecule has 3 aromatic carbocycles. The van der Waals surface area contributed by atoms with Gasteiger partial charge in [-0.05, 0) is 66.6 Å². The lowest BCUT2D eigenvalue weighted by atomic mass is 9.84. The van der Waals surface area contributed by atoms with Crippen molar-refractivity contribution in [1.29, 1.82) is 0 Å². The summed E-state index contributed by atoms with van der Waals surface area (Å²) in [5, 5.41) is 1.23. The molecule has 5 rings (SSSR count). The van der Waals surface area contributed by atoms with Gasteiger partial charge in [-0.3, -0.25) is 4.90 Å². The van der Waals surface area contributed by atoms with Crippen molar-refractivity contribution in [2.24, 2.45) is 0 Å². The summed E-state index contributed by atoms with van der Waals surface area (Å²) in [6.07, 6.45) is 0.899. The third kappa shape index (κ3) is 2.86. The second kappa shape index (κ2) is 6.50. The average Bonchev–Trinajstić information content (AvgIpc) is 3.03. The fourth-order valence-corrected chi connectivity index (χ4v) is 4.74. The Morgan fingerprint density at radius 1 is 0.867 bits per heavy atom. The number of rotatable bonds is 1. The molecule has 2 heterocycles. The molecule has 0 N–H and O–H groups in total. The Bertz CT molecular complexity index is 1260. The molecule has 0 fully saturated rings. The molecule has 0 amide bonds. The van der Waals surface area contributed by atoms with Gasteiger partial charge in [0, 0.05) is 17.4 Å². The Kier molecular flexibility index (Phi) is 4.12. The Morgan fingerprint density at radius 2 is 1.57 bits per heavy atom. The standard InChI is InChI=1S/C28H29NO/c1-17-11-12-25-22(13-17)23-16-20-9-7-8-10-24(20)29(27(23)30-25)26-18(2)14-21(15-19(26)3)28(4,5)6/h7-15H,16H2,1-6H3. The van der Waals surface area contributed by atoms with Crippen LogP contribution in [0.5, 0.6) is 0 Å². The molecule has 0 aliphatic carbocycles. The van der Waals surface area contributed by atoms with Gasteiger partial charge in [0.1, 0.15) is 5.58 Å². The maximum absolute atomic E-state index is 6.50. The van der Waals surface area contributed by atoms with E-state index in [9.17, 15) is 0 Å². The van der Waals surface area contributed by atoms with Crippen LogP contribution < -0.4 is 4.90 Å². The third-order valence-corrected chi connectivity index (χ3v) is 6.31. The second-order valence-electron chi connectivity index (χ2n) is 9.73. The Morgan fingerprint density at radius 3 is 2.27 bits per heavy atom. The summed E-state index contributed by atoms with van der Waals surface area (Å²) in [7, 11) is 0. The molecule has 2 heteroatoms. The maximum atomic E-state index is 6.50. The zero-order valence-electron chi connectivity index (χ0n) is 18.8. The van der Waals surface area contributed by atoms with Crippen molar-refractivity contribution in [2.75, 3.05) is 4.90 Å². The minimum Gasteiger partial charge on any atom is -0.439 e. The average molecular weight is 396 g/mol. The number of furan rings is 1. The number of hydrogen-bond acceptors (Lipinski definition) is 2. The topological polar surface area (TPSA) is 16.4 Å². The Balaban J connectivity index is 1.80. The van der Waals surface area contributed by atoms with Crippen molar-refractivity contribution in [3.63, 3.8) is 0 Å². The first-order chi connectivity index (χ1) is 14.2. The molecule has 0 saturated heterocycles. The molecule has 4 aromatic rings. The number of fused-ring (bicyclic) bond motifs is 4. The number of hydrogen-bond donors (Lipinski definition) is 0. The van der Waals surface area contributed by atoms with Crippen LogP contribution in [0.25, 0.3) is 11.0 Å². The number of nitrogens with zero attached hydrogens (tertiary/aromatic N) is 1. The van der Waals surface area contributed by atoms with Gasteiger partial charge in [0.05, 0.1) is 11.4 Å². The number of anilines is 3. The van der Waals surface area contributed by atoms with Gasteiger partial charge in [-0.2, -0.15) is 0 Å². The molecule has 152 valence electrons. The summed E-state index contributed by atoms with van der Waals surface area (Å²) < 4.78 is 6.50. The predicted octanol–water partition coefficient (Wildman–Crippen LogP) is 8.03. The van der Waals surface area contributed by atoms with E-state index in [0.717, 1.165) is 17.9 Å². The van der Waals surface area contributed by atoms with Crippen LogP contribution in [0.1, 0.15) is 54.2 Å². The van der Waals surface area contributed by atoms with Gasteiger partial charge in [-0.25, -0.2) is 0 Å². The highest BCUT2D eigenvalue weighted by atomic mass is 16.4. The van der Waals surface area contributed by atoms with Crippen LogP contribution in [0.15, 0.2) is 59.0 Å². The molecule has 0 spiro atoms. The van der Waals surface area contributed by atoms with E-state index in [1.54, 1.807) is 0 Å². The predicted molar refractivity (Wildman–Crippen MR) is 127 cm³/mol. The van der Waals surface area contributed by atoms with Gasteiger partial charge >= 0.3 is 0 Å². The molecule has 0 bridgehead atoms. The first-order valence-corrected chi connectivity index (χ1v) is 10.8. The van der Waals surface area contributed by atoms with Crippen LogP contribution in [0.4, 0.5) is 17.3 Å². The lowest BCUT2D eigenvalue weighted by Crippen LogP contribution is -2.20. The van der Waals surface area contributed by atoms with Gasteiger partial charge in [-0.1, -0.05) is 62.7 Å². The van der Waals surface area contributed by atoms with E-state index in [-0.39, 0.29) is 5.41 Å². The summed E-state index contributed by atoms with van der Waals surface area (Å²) >= 11 is 0. The fourth-order valence-electron chi connectivity index (χ4n) is 4.74. The van der Waals surface area contributed by atoms with E-state index in [2.05, 4.69) is 101 Å². The van der Waals surface area contributed by atoms with Gasteiger partial charge in [0.25, 0.3) is 0 Å². The number of para-hydroxylation sites is 1. The summed E-state index contributed by atoms with van der Waals surface area (Å²) in [5.41, 5.74) is 11.3. The molecule has 2 nitrogen and oxygen atoms in total. The minimum absolute atomic E-state index is 0.121. The van der Waals surface area contributed by atoms with Crippen LogP contribution >= 0.6 is 0 Å². The Hall–Kier alpha value is -3.00. The lowest BCUT2D eigenvalue weighted by Gasteiger charge is -2.33. The molecular weight excluding hydrogens is 366 g/mol. The monoisotopic (exact) mass is 395 g/mol. The first kappa shape index (κ1) is 19.0. The number of aryl methyl sites for hydroxylation is 3. The van der Waals surface area contributed by atoms with E-state index >= 15 is 0 Å². The number of benzene rings is 3. The zero-order chi connectivity index (χ0) is 21.2. The maximum Gasteiger partial charge on any atom is 0.209 e. The van der Waals surface area contributed by atoms with Crippen molar-refractivity contribution in [3.8, 4) is 0 Å². The summed E-state index contributed by atoms with van der Waals surface area (Å²) in [6, 6.07) is 19.9. The molecule has 30 heavy (non-hydrogen) atoms. The summed E-state index contributed by atoms with van der Waals surface area (Å²) in [4.78, 5) is 2.35. The highest BCUT2D eigenvalue weighted by Crippen LogP contribution is 2.49. The van der Waals surface area contributed by atoms with Crippen LogP contribution in [0, 0.1) is 20.8 Å². The van der Waals surface area contributed by atoms with Gasteiger partial charge in [0.15, 0.2) is 0 Å². The zero-order valence-corrected chi connectivity index (χ0v) is 18.8. The van der Waals surface area contributed by atoms with Crippen LogP contribution in [-0.2, 0) is 11.8 Å². The highest BCUT2D eigenvalue weighted by molar-refractivity contribution is 5.94. The van der Waals surface area contributed by atoms with Crippen LogP contribution in [-0.4, -0.2) is 0 Å². The summed E-state index contributed by atoms with van der Waals surface area (Å²) in [5.74, 6) is 0.962. The van der Waals surface area contributed by atoms with Crippen LogP contribution in [0.3, 0.4) is 0 Å². The minimum atomic E-state index is 0.121. The molecule has 0 saturated carbocycles. The highest BCUT2D eigenvalue weighted by Gasteiger charge is 2.31. The molecule has 1 aliphatic rings. The molecule has 0 radical (unpaired) electrons. The lowest BCUT2D eigenvalue weighted by molar-refractivity contribution is 0.589. The van der Waals surface area contributed by atoms with Crippen molar-refractivity contribution < 1.29 is 4.42 Å². The normalized spacial score (nSPS) is 13.5. The molecule has 1 aliphatic heterocycles. The van der Waals surface area contributed by atoms with E-state index in [4.69, 9.17) is 4.42 Å². The van der Waals surface area contributed by atoms with E-state index < -0.39 is 0 Å². The smallest absolute Gasteiger partial charge is 0.209 e. The van der Waals surface area contributed by atoms with Crippen molar-refractivity contribution in [3.05, 3.63) is 88.0 Å². The van der Waals surface area contributed by atoms with Gasteiger partial charge < -0.3 is 4.42 Å². The first-order valence-electron chi connectivity index (χ1n) is 10.8. The largest absolute Gasteiger partial charge is 0.439 e. The van der Waals surface area contributed by atoms with Gasteiger partial charge in [0.2, 0.25) is 5.88 Å². The van der Waals surface area contributed by atoms with E-state index in [0.29, 0.717) is 0 Å². The van der Waals surface area contributed by atoms with Gasteiger partial charge in [-0.15, -0.1) is 0 Å². The summed E-state index contributed by atoms with van der Waals surface area (Å²) in [6.45, 7) is 13.4. The van der Waals surface area contributed by atoms with Crippen molar-refractivity contribution >= 4 is 28.2 Å². The molecule has 0 unspecified atom stereocenters. The quantitative estimate of drug-likeness (QED) is 0.286. The molecule has 0 atom stereocenters.